The van der Waals surface area contributed by atoms with E-state index in [2.05, 4.69) is 35.9 Å². The van der Waals surface area contributed by atoms with Crippen LogP contribution in [0.2, 0.25) is 0 Å². The highest BCUT2D eigenvalue weighted by molar-refractivity contribution is 6.05. The fourth-order valence-electron chi connectivity index (χ4n) is 2.27. The first-order valence-corrected chi connectivity index (χ1v) is 6.88. The molecule has 4 aromatic rings. The number of amides is 1. The van der Waals surface area contributed by atoms with Crippen molar-refractivity contribution >= 4 is 22.6 Å². The summed E-state index contributed by atoms with van der Waals surface area (Å²) in [5.41, 5.74) is 3.71. The first-order chi connectivity index (χ1) is 11.3. The predicted octanol–water partition coefficient (Wildman–Crippen LogP) is 2.00. The SMILES string of the molecule is O=C(Nc1ccc(-c2nn[nH]n2)cc1)c1ccc2nc[nH]c2c1. The van der Waals surface area contributed by atoms with Crippen molar-refractivity contribution in [3.63, 3.8) is 0 Å². The van der Waals surface area contributed by atoms with Gasteiger partial charge >= 0.3 is 0 Å². The number of nitrogens with one attached hydrogen (secondary N) is 3. The van der Waals surface area contributed by atoms with Gasteiger partial charge in [0, 0.05) is 16.8 Å². The van der Waals surface area contributed by atoms with Gasteiger partial charge in [0.05, 0.1) is 17.4 Å². The van der Waals surface area contributed by atoms with E-state index < -0.39 is 0 Å². The van der Waals surface area contributed by atoms with E-state index in [9.17, 15) is 4.79 Å². The van der Waals surface area contributed by atoms with E-state index in [1.807, 2.05) is 12.1 Å². The van der Waals surface area contributed by atoms with Crippen LogP contribution in [0.1, 0.15) is 10.4 Å². The minimum Gasteiger partial charge on any atom is -0.345 e. The fraction of sp³-hybridized carbons (Fsp3) is 0. The van der Waals surface area contributed by atoms with Crippen molar-refractivity contribution in [3.05, 3.63) is 54.4 Å². The number of aromatic nitrogens is 6. The molecule has 4 rings (SSSR count). The number of carbonyl (C=O) groups excluding carboxylic acids is 1. The molecule has 0 saturated heterocycles. The van der Waals surface area contributed by atoms with E-state index >= 15 is 0 Å². The number of H-pyrrole nitrogens is 2. The highest BCUT2D eigenvalue weighted by Crippen LogP contribution is 2.18. The van der Waals surface area contributed by atoms with Crippen LogP contribution in [0.3, 0.4) is 0 Å². The number of imidazole rings is 1. The topological polar surface area (TPSA) is 112 Å². The molecule has 2 aromatic heterocycles. The van der Waals surface area contributed by atoms with Crippen LogP contribution in [0.25, 0.3) is 22.4 Å². The largest absolute Gasteiger partial charge is 0.345 e. The summed E-state index contributed by atoms with van der Waals surface area (Å²) >= 11 is 0. The molecule has 0 aliphatic rings. The second-order valence-electron chi connectivity index (χ2n) is 4.90. The lowest BCUT2D eigenvalue weighted by Gasteiger charge is -2.06. The molecule has 1 amide bonds. The van der Waals surface area contributed by atoms with E-state index in [4.69, 9.17) is 0 Å². The Kier molecular flexibility index (Phi) is 3.05. The van der Waals surface area contributed by atoms with Crippen molar-refractivity contribution in [1.82, 2.24) is 30.6 Å². The number of rotatable bonds is 3. The van der Waals surface area contributed by atoms with Gasteiger partial charge < -0.3 is 10.3 Å². The summed E-state index contributed by atoms with van der Waals surface area (Å²) < 4.78 is 0. The minimum atomic E-state index is -0.186. The number of carbonyl (C=O) groups is 1. The van der Waals surface area contributed by atoms with Crippen LogP contribution in [0.5, 0.6) is 0 Å². The number of nitrogens with zero attached hydrogens (tertiary/aromatic N) is 4. The molecule has 0 spiro atoms. The Morgan fingerprint density at radius 1 is 1.09 bits per heavy atom. The number of anilines is 1. The molecular formula is C15H11N7O. The van der Waals surface area contributed by atoms with Crippen LogP contribution in [0, 0.1) is 0 Å². The zero-order valence-corrected chi connectivity index (χ0v) is 11.8. The number of tetrazole rings is 1. The highest BCUT2D eigenvalue weighted by atomic mass is 16.1. The maximum atomic E-state index is 12.3. The van der Waals surface area contributed by atoms with Crippen LogP contribution < -0.4 is 5.32 Å². The smallest absolute Gasteiger partial charge is 0.255 e. The van der Waals surface area contributed by atoms with Crippen LogP contribution in [0.15, 0.2) is 48.8 Å². The lowest BCUT2D eigenvalue weighted by Crippen LogP contribution is -2.11. The number of hydrogen-bond donors (Lipinski definition) is 3. The molecule has 0 radical (unpaired) electrons. The third-order valence-corrected chi connectivity index (χ3v) is 3.43. The van der Waals surface area contributed by atoms with E-state index in [0.717, 1.165) is 16.6 Å². The number of hydrogen-bond acceptors (Lipinski definition) is 5. The molecule has 3 N–H and O–H groups in total. The Morgan fingerprint density at radius 3 is 2.74 bits per heavy atom. The van der Waals surface area contributed by atoms with Gasteiger partial charge in [0.1, 0.15) is 0 Å². The number of fused-ring (bicyclic) bond motifs is 1. The molecule has 2 aromatic carbocycles. The lowest BCUT2D eigenvalue weighted by molar-refractivity contribution is 0.102. The van der Waals surface area contributed by atoms with Crippen molar-refractivity contribution in [3.8, 4) is 11.4 Å². The van der Waals surface area contributed by atoms with E-state index in [0.29, 0.717) is 17.1 Å². The first-order valence-electron chi connectivity index (χ1n) is 6.88. The predicted molar refractivity (Wildman–Crippen MR) is 83.7 cm³/mol. The van der Waals surface area contributed by atoms with Crippen molar-refractivity contribution in [2.24, 2.45) is 0 Å². The average molecular weight is 305 g/mol. The van der Waals surface area contributed by atoms with Gasteiger partial charge in [-0.15, -0.1) is 10.2 Å². The molecule has 2 heterocycles. The normalized spacial score (nSPS) is 10.8. The van der Waals surface area contributed by atoms with Gasteiger partial charge in [-0.3, -0.25) is 4.79 Å². The molecule has 23 heavy (non-hydrogen) atoms. The Labute approximate surface area is 130 Å². The van der Waals surface area contributed by atoms with Crippen molar-refractivity contribution in [2.45, 2.75) is 0 Å². The summed E-state index contributed by atoms with van der Waals surface area (Å²) in [5.74, 6) is 0.321. The fourth-order valence-corrected chi connectivity index (χ4v) is 2.27. The van der Waals surface area contributed by atoms with Gasteiger partial charge in [-0.2, -0.15) is 5.21 Å². The van der Waals surface area contributed by atoms with Gasteiger partial charge in [0.15, 0.2) is 0 Å². The number of benzene rings is 2. The molecule has 0 atom stereocenters. The van der Waals surface area contributed by atoms with Gasteiger partial charge in [0.2, 0.25) is 5.82 Å². The van der Waals surface area contributed by atoms with Gasteiger partial charge in [-0.05, 0) is 47.7 Å². The molecule has 0 aliphatic carbocycles. The van der Waals surface area contributed by atoms with Gasteiger partial charge in [-0.25, -0.2) is 4.98 Å². The molecule has 0 aliphatic heterocycles. The second-order valence-corrected chi connectivity index (χ2v) is 4.90. The molecule has 0 fully saturated rings. The summed E-state index contributed by atoms with van der Waals surface area (Å²) in [6, 6.07) is 12.5. The Morgan fingerprint density at radius 2 is 1.96 bits per heavy atom. The molecule has 0 saturated carbocycles. The second kappa shape index (κ2) is 5.34. The van der Waals surface area contributed by atoms with Crippen molar-refractivity contribution in [2.75, 3.05) is 5.32 Å². The third-order valence-electron chi connectivity index (χ3n) is 3.43. The lowest BCUT2D eigenvalue weighted by atomic mass is 10.1. The summed E-state index contributed by atoms with van der Waals surface area (Å²) in [6.07, 6.45) is 1.60. The van der Waals surface area contributed by atoms with Crippen LogP contribution in [0.4, 0.5) is 5.69 Å². The molecular weight excluding hydrogens is 294 g/mol. The van der Waals surface area contributed by atoms with Crippen molar-refractivity contribution in [1.29, 1.82) is 0 Å². The summed E-state index contributed by atoms with van der Waals surface area (Å²) in [6.45, 7) is 0. The first kappa shape index (κ1) is 13.1. The van der Waals surface area contributed by atoms with E-state index in [1.54, 1.807) is 36.7 Å². The zero-order valence-electron chi connectivity index (χ0n) is 11.8. The maximum Gasteiger partial charge on any atom is 0.255 e. The van der Waals surface area contributed by atoms with E-state index in [-0.39, 0.29) is 5.91 Å². The van der Waals surface area contributed by atoms with E-state index in [1.165, 1.54) is 0 Å². The zero-order chi connectivity index (χ0) is 15.6. The highest BCUT2D eigenvalue weighted by Gasteiger charge is 2.09. The molecule has 8 nitrogen and oxygen atoms in total. The van der Waals surface area contributed by atoms with Crippen molar-refractivity contribution < 1.29 is 4.79 Å². The Hall–Kier alpha value is -3.55. The molecule has 0 unspecified atom stereocenters. The summed E-state index contributed by atoms with van der Waals surface area (Å²) in [4.78, 5) is 19.4. The molecule has 0 bridgehead atoms. The van der Waals surface area contributed by atoms with Gasteiger partial charge in [-0.1, -0.05) is 0 Å². The average Bonchev–Trinajstić information content (AvgIpc) is 3.26. The summed E-state index contributed by atoms with van der Waals surface area (Å²) in [5, 5.41) is 16.6. The molecule has 8 heteroatoms. The third kappa shape index (κ3) is 2.53. The van der Waals surface area contributed by atoms with Crippen LogP contribution in [-0.2, 0) is 0 Å². The monoisotopic (exact) mass is 305 g/mol. The van der Waals surface area contributed by atoms with Crippen LogP contribution >= 0.6 is 0 Å². The maximum absolute atomic E-state index is 12.3. The standard InChI is InChI=1S/C15H11N7O/c23-15(10-3-6-12-13(7-10)17-8-16-12)18-11-4-1-9(2-5-11)14-19-21-22-20-14/h1-8H,(H,16,17)(H,18,23)(H,19,20,21,22). The quantitative estimate of drug-likeness (QED) is 0.536. The minimum absolute atomic E-state index is 0.186. The molecule has 112 valence electrons. The Balaban J connectivity index is 1.53. The Bertz CT molecular complexity index is 957. The van der Waals surface area contributed by atoms with Crippen LogP contribution in [-0.4, -0.2) is 36.5 Å². The summed E-state index contributed by atoms with van der Waals surface area (Å²) in [7, 11) is 0. The van der Waals surface area contributed by atoms with Gasteiger partial charge in [0.25, 0.3) is 5.91 Å². The number of aromatic amines is 2.